The zero-order valence-electron chi connectivity index (χ0n) is 14.1. The lowest BCUT2D eigenvalue weighted by Crippen LogP contribution is -2.51. The Bertz CT molecular complexity index is 393. The SMILES string of the molecule is CC(C)(C)NC(=O)NC(=O)CN1CCC(NCC2CC2)CC1. The molecular formula is C16H30N4O2. The molecule has 3 N–H and O–H groups in total. The Balaban J connectivity index is 1.60. The largest absolute Gasteiger partial charge is 0.333 e. The van der Waals surface area contributed by atoms with Crippen molar-refractivity contribution in [1.82, 2.24) is 20.9 Å². The van der Waals surface area contributed by atoms with Crippen LogP contribution in [0, 0.1) is 5.92 Å². The van der Waals surface area contributed by atoms with Crippen molar-refractivity contribution in [3.8, 4) is 0 Å². The number of amides is 3. The zero-order chi connectivity index (χ0) is 16.2. The highest BCUT2D eigenvalue weighted by atomic mass is 16.2. The van der Waals surface area contributed by atoms with Gasteiger partial charge in [-0.05, 0) is 58.9 Å². The molecule has 0 bridgehead atoms. The molecular weight excluding hydrogens is 280 g/mol. The summed E-state index contributed by atoms with van der Waals surface area (Å²) in [6, 6.07) is 0.169. The molecule has 0 aromatic rings. The van der Waals surface area contributed by atoms with Gasteiger partial charge in [0, 0.05) is 24.7 Å². The topological polar surface area (TPSA) is 73.5 Å². The van der Waals surface area contributed by atoms with Crippen LogP contribution in [0.1, 0.15) is 46.5 Å². The number of urea groups is 1. The minimum Gasteiger partial charge on any atom is -0.333 e. The summed E-state index contributed by atoms with van der Waals surface area (Å²) in [4.78, 5) is 25.6. The molecule has 0 aromatic heterocycles. The monoisotopic (exact) mass is 310 g/mol. The van der Waals surface area contributed by atoms with Crippen LogP contribution in [-0.4, -0.2) is 54.6 Å². The number of carbonyl (C=O) groups excluding carboxylic acids is 2. The lowest BCUT2D eigenvalue weighted by Gasteiger charge is -2.32. The number of rotatable bonds is 5. The maximum Gasteiger partial charge on any atom is 0.321 e. The Labute approximate surface area is 133 Å². The summed E-state index contributed by atoms with van der Waals surface area (Å²) in [6.07, 6.45) is 4.91. The zero-order valence-corrected chi connectivity index (χ0v) is 14.1. The van der Waals surface area contributed by atoms with Crippen molar-refractivity contribution in [1.29, 1.82) is 0 Å². The van der Waals surface area contributed by atoms with E-state index >= 15 is 0 Å². The minimum atomic E-state index is -0.418. The molecule has 6 nitrogen and oxygen atoms in total. The Morgan fingerprint density at radius 3 is 2.27 bits per heavy atom. The Kier molecular flexibility index (Phi) is 5.81. The fourth-order valence-electron chi connectivity index (χ4n) is 2.69. The van der Waals surface area contributed by atoms with Crippen LogP contribution in [0.4, 0.5) is 4.79 Å². The summed E-state index contributed by atoms with van der Waals surface area (Å²) in [5, 5.41) is 8.75. The van der Waals surface area contributed by atoms with Crippen molar-refractivity contribution in [3.63, 3.8) is 0 Å². The maximum atomic E-state index is 11.9. The lowest BCUT2D eigenvalue weighted by atomic mass is 10.0. The lowest BCUT2D eigenvalue weighted by molar-refractivity contribution is -0.121. The van der Waals surface area contributed by atoms with E-state index in [1.165, 1.54) is 12.8 Å². The van der Waals surface area contributed by atoms with Gasteiger partial charge in [-0.25, -0.2) is 4.79 Å². The van der Waals surface area contributed by atoms with Gasteiger partial charge >= 0.3 is 6.03 Å². The quantitative estimate of drug-likeness (QED) is 0.710. The molecule has 3 amide bonds. The number of likely N-dealkylation sites (tertiary alicyclic amines) is 1. The van der Waals surface area contributed by atoms with Gasteiger partial charge in [-0.1, -0.05) is 0 Å². The third-order valence-electron chi connectivity index (χ3n) is 4.09. The Morgan fingerprint density at radius 1 is 1.09 bits per heavy atom. The highest BCUT2D eigenvalue weighted by Crippen LogP contribution is 2.28. The Morgan fingerprint density at radius 2 is 1.73 bits per heavy atom. The van der Waals surface area contributed by atoms with Crippen molar-refractivity contribution < 1.29 is 9.59 Å². The van der Waals surface area contributed by atoms with Gasteiger partial charge in [-0.2, -0.15) is 0 Å². The number of hydrogen-bond donors (Lipinski definition) is 3. The van der Waals surface area contributed by atoms with E-state index in [4.69, 9.17) is 0 Å². The number of nitrogens with zero attached hydrogens (tertiary/aromatic N) is 1. The van der Waals surface area contributed by atoms with Crippen LogP contribution in [0.3, 0.4) is 0 Å². The van der Waals surface area contributed by atoms with Gasteiger partial charge in [0.1, 0.15) is 0 Å². The smallest absolute Gasteiger partial charge is 0.321 e. The molecule has 2 fully saturated rings. The molecule has 0 radical (unpaired) electrons. The van der Waals surface area contributed by atoms with Gasteiger partial charge in [0.15, 0.2) is 0 Å². The van der Waals surface area contributed by atoms with Crippen LogP contribution in [0.2, 0.25) is 0 Å². The molecule has 2 rings (SSSR count). The van der Waals surface area contributed by atoms with E-state index in [0.717, 1.165) is 38.4 Å². The minimum absolute atomic E-state index is 0.230. The first kappa shape index (κ1) is 17.2. The van der Waals surface area contributed by atoms with Crippen LogP contribution in [0.5, 0.6) is 0 Å². The summed E-state index contributed by atoms with van der Waals surface area (Å²) in [5.74, 6) is 0.677. The van der Waals surface area contributed by atoms with Crippen LogP contribution in [-0.2, 0) is 4.79 Å². The average Bonchev–Trinajstić information content (AvgIpc) is 3.19. The fourth-order valence-corrected chi connectivity index (χ4v) is 2.69. The maximum absolute atomic E-state index is 11.9. The first-order chi connectivity index (χ1) is 10.3. The average molecular weight is 310 g/mol. The number of nitrogens with one attached hydrogen (secondary N) is 3. The van der Waals surface area contributed by atoms with Crippen molar-refractivity contribution in [2.45, 2.75) is 58.0 Å². The molecule has 22 heavy (non-hydrogen) atoms. The van der Waals surface area contributed by atoms with E-state index in [1.54, 1.807) is 0 Å². The second-order valence-corrected chi connectivity index (χ2v) is 7.65. The van der Waals surface area contributed by atoms with Crippen LogP contribution in [0.25, 0.3) is 0 Å². The second-order valence-electron chi connectivity index (χ2n) is 7.65. The van der Waals surface area contributed by atoms with Gasteiger partial charge in [0.05, 0.1) is 6.54 Å². The van der Waals surface area contributed by atoms with Gasteiger partial charge in [-0.15, -0.1) is 0 Å². The molecule has 2 aliphatic rings. The molecule has 126 valence electrons. The molecule has 0 spiro atoms. The predicted octanol–water partition coefficient (Wildman–Crippen LogP) is 1.07. The number of imide groups is 1. The molecule has 1 aliphatic heterocycles. The summed E-state index contributed by atoms with van der Waals surface area (Å²) in [6.45, 7) is 8.93. The van der Waals surface area contributed by atoms with Crippen molar-refractivity contribution in [3.05, 3.63) is 0 Å². The molecule has 1 saturated heterocycles. The van der Waals surface area contributed by atoms with Crippen LogP contribution >= 0.6 is 0 Å². The van der Waals surface area contributed by atoms with Gasteiger partial charge in [0.2, 0.25) is 5.91 Å². The summed E-state index contributed by atoms with van der Waals surface area (Å²) < 4.78 is 0. The molecule has 0 atom stereocenters. The summed E-state index contributed by atoms with van der Waals surface area (Å²) >= 11 is 0. The highest BCUT2D eigenvalue weighted by Gasteiger charge is 2.25. The van der Waals surface area contributed by atoms with Gasteiger partial charge in [0.25, 0.3) is 0 Å². The molecule has 1 heterocycles. The number of hydrogen-bond acceptors (Lipinski definition) is 4. The van der Waals surface area contributed by atoms with Crippen LogP contribution < -0.4 is 16.0 Å². The number of carbonyl (C=O) groups is 2. The second kappa shape index (κ2) is 7.42. The van der Waals surface area contributed by atoms with E-state index in [9.17, 15) is 9.59 Å². The standard InChI is InChI=1S/C16H30N4O2/c1-16(2,3)19-15(22)18-14(21)11-20-8-6-13(7-9-20)17-10-12-4-5-12/h12-13,17H,4-11H2,1-3H3,(H2,18,19,21,22). The van der Waals surface area contributed by atoms with E-state index in [2.05, 4.69) is 20.9 Å². The normalized spacial score (nSPS) is 20.7. The van der Waals surface area contributed by atoms with Crippen LogP contribution in [0.15, 0.2) is 0 Å². The molecule has 6 heteroatoms. The third-order valence-corrected chi connectivity index (χ3v) is 4.09. The van der Waals surface area contributed by atoms with E-state index in [1.807, 2.05) is 20.8 Å². The Hall–Kier alpha value is -1.14. The molecule has 0 aromatic carbocycles. The molecule has 0 unspecified atom stereocenters. The van der Waals surface area contributed by atoms with E-state index < -0.39 is 6.03 Å². The van der Waals surface area contributed by atoms with Crippen molar-refractivity contribution >= 4 is 11.9 Å². The van der Waals surface area contributed by atoms with E-state index in [-0.39, 0.29) is 11.4 Å². The number of piperidine rings is 1. The highest BCUT2D eigenvalue weighted by molar-refractivity contribution is 5.95. The predicted molar refractivity (Wildman–Crippen MR) is 86.6 cm³/mol. The fraction of sp³-hybridized carbons (Fsp3) is 0.875. The molecule has 1 saturated carbocycles. The summed E-state index contributed by atoms with van der Waals surface area (Å²) in [5.41, 5.74) is -0.337. The van der Waals surface area contributed by atoms with E-state index in [0.29, 0.717) is 12.6 Å². The molecule has 1 aliphatic carbocycles. The van der Waals surface area contributed by atoms with Gasteiger partial charge < -0.3 is 10.6 Å². The van der Waals surface area contributed by atoms with Crippen molar-refractivity contribution in [2.75, 3.05) is 26.2 Å². The van der Waals surface area contributed by atoms with Gasteiger partial charge in [-0.3, -0.25) is 15.0 Å². The third kappa shape index (κ3) is 6.75. The first-order valence-electron chi connectivity index (χ1n) is 8.39. The summed E-state index contributed by atoms with van der Waals surface area (Å²) in [7, 11) is 0. The first-order valence-corrected chi connectivity index (χ1v) is 8.39. The van der Waals surface area contributed by atoms with Crippen molar-refractivity contribution in [2.24, 2.45) is 5.92 Å².